The number of sulfonamides is 1. The summed E-state index contributed by atoms with van der Waals surface area (Å²) in [6.45, 7) is 1.97. The summed E-state index contributed by atoms with van der Waals surface area (Å²) in [4.78, 5) is 29.2. The zero-order chi connectivity index (χ0) is 23.4. The highest BCUT2D eigenvalue weighted by Gasteiger charge is 2.28. The van der Waals surface area contributed by atoms with Crippen LogP contribution in [-0.4, -0.2) is 69.4 Å². The molecule has 0 atom stereocenters. The summed E-state index contributed by atoms with van der Waals surface area (Å²) in [5.74, 6) is 0.613. The molecule has 1 heterocycles. The number of nitrogens with one attached hydrogen (secondary N) is 1. The van der Waals surface area contributed by atoms with Gasteiger partial charge in [0.05, 0.1) is 12.0 Å². The third-order valence-electron chi connectivity index (χ3n) is 6.00. The van der Waals surface area contributed by atoms with Crippen LogP contribution in [-0.2, 0) is 21.2 Å². The number of nitrogens with zero attached hydrogens (tertiary/aromatic N) is 2. The van der Waals surface area contributed by atoms with Gasteiger partial charge in [0.15, 0.2) is 0 Å². The second-order valence-electron chi connectivity index (χ2n) is 8.44. The third kappa shape index (κ3) is 5.91. The molecule has 176 valence electrons. The van der Waals surface area contributed by atoms with Crippen molar-refractivity contribution in [3.05, 3.63) is 59.7 Å². The van der Waals surface area contributed by atoms with Crippen molar-refractivity contribution in [2.24, 2.45) is 0 Å². The lowest BCUT2D eigenvalue weighted by Gasteiger charge is -2.35. The Bertz CT molecular complexity index is 1110. The maximum absolute atomic E-state index is 12.7. The summed E-state index contributed by atoms with van der Waals surface area (Å²) in [6.07, 6.45) is 2.67. The number of piperazine rings is 1. The quantitative estimate of drug-likeness (QED) is 0.636. The molecule has 0 radical (unpaired) electrons. The topological polar surface area (TPSA) is 96.0 Å². The van der Waals surface area contributed by atoms with Crippen molar-refractivity contribution in [2.75, 3.05) is 33.3 Å². The summed E-state index contributed by atoms with van der Waals surface area (Å²) < 4.78 is 32.4. The number of carbonyl (C=O) groups excluding carboxylic acids is 2. The van der Waals surface area contributed by atoms with E-state index in [-0.39, 0.29) is 22.8 Å². The highest BCUT2D eigenvalue weighted by Crippen LogP contribution is 2.22. The van der Waals surface area contributed by atoms with Gasteiger partial charge in [-0.05, 0) is 55.2 Å². The van der Waals surface area contributed by atoms with E-state index >= 15 is 0 Å². The van der Waals surface area contributed by atoms with Gasteiger partial charge in [-0.25, -0.2) is 13.1 Å². The molecule has 0 aromatic heterocycles. The fraction of sp³-hybridized carbons (Fsp3) is 0.417. The van der Waals surface area contributed by atoms with E-state index in [2.05, 4.69) is 4.72 Å². The standard InChI is InChI=1S/C24H29N3O5S/c1-32-21-4-2-3-19(17-21)24(29)27-15-13-26(14-16-27)23(28)12-7-18-5-10-22(11-6-18)33(30,31)25-20-8-9-20/h2-6,10-11,17,20,25H,7-9,12-16H2,1H3. The average Bonchev–Trinajstić information content (AvgIpc) is 3.65. The first-order chi connectivity index (χ1) is 15.9. The van der Waals surface area contributed by atoms with Crippen LogP contribution in [0.25, 0.3) is 0 Å². The first kappa shape index (κ1) is 23.3. The van der Waals surface area contributed by atoms with Gasteiger partial charge in [0.2, 0.25) is 15.9 Å². The normalized spacial score (nSPS) is 16.5. The van der Waals surface area contributed by atoms with E-state index in [0.29, 0.717) is 50.3 Å². The van der Waals surface area contributed by atoms with Gasteiger partial charge in [0.1, 0.15) is 5.75 Å². The van der Waals surface area contributed by atoms with Crippen molar-refractivity contribution in [3.8, 4) is 5.75 Å². The monoisotopic (exact) mass is 471 g/mol. The molecule has 2 aromatic carbocycles. The van der Waals surface area contributed by atoms with E-state index in [9.17, 15) is 18.0 Å². The average molecular weight is 472 g/mol. The van der Waals surface area contributed by atoms with Crippen LogP contribution in [0.1, 0.15) is 35.2 Å². The smallest absolute Gasteiger partial charge is 0.254 e. The van der Waals surface area contributed by atoms with Crippen molar-refractivity contribution >= 4 is 21.8 Å². The second-order valence-corrected chi connectivity index (χ2v) is 10.2. The Morgan fingerprint density at radius 3 is 2.30 bits per heavy atom. The van der Waals surface area contributed by atoms with E-state index in [1.54, 1.807) is 65.4 Å². The number of carbonyl (C=O) groups is 2. The fourth-order valence-corrected chi connectivity index (χ4v) is 5.14. The summed E-state index contributed by atoms with van der Waals surface area (Å²) in [6, 6.07) is 13.8. The first-order valence-corrected chi connectivity index (χ1v) is 12.7. The molecule has 4 rings (SSSR count). The number of rotatable bonds is 8. The van der Waals surface area contributed by atoms with Crippen LogP contribution in [0.4, 0.5) is 0 Å². The van der Waals surface area contributed by atoms with Crippen LogP contribution in [0.2, 0.25) is 0 Å². The molecule has 0 bridgehead atoms. The number of aryl methyl sites for hydroxylation is 1. The molecule has 1 aliphatic heterocycles. The largest absolute Gasteiger partial charge is 0.497 e. The summed E-state index contributed by atoms with van der Waals surface area (Å²) in [5.41, 5.74) is 1.49. The van der Waals surface area contributed by atoms with E-state index in [4.69, 9.17) is 4.74 Å². The zero-order valence-electron chi connectivity index (χ0n) is 18.7. The van der Waals surface area contributed by atoms with Gasteiger partial charge in [-0.3, -0.25) is 9.59 Å². The molecule has 1 aliphatic carbocycles. The molecule has 1 saturated heterocycles. The van der Waals surface area contributed by atoms with Crippen LogP contribution >= 0.6 is 0 Å². The molecule has 1 N–H and O–H groups in total. The van der Waals surface area contributed by atoms with Gasteiger partial charge in [0, 0.05) is 44.2 Å². The maximum atomic E-state index is 12.7. The molecule has 2 amide bonds. The molecule has 0 spiro atoms. The summed E-state index contributed by atoms with van der Waals surface area (Å²) in [7, 11) is -1.90. The lowest BCUT2D eigenvalue weighted by molar-refractivity contribution is -0.132. The van der Waals surface area contributed by atoms with Crippen molar-refractivity contribution in [1.29, 1.82) is 0 Å². The molecule has 0 unspecified atom stereocenters. The molecule has 33 heavy (non-hydrogen) atoms. The predicted molar refractivity (Wildman–Crippen MR) is 124 cm³/mol. The van der Waals surface area contributed by atoms with Crippen molar-refractivity contribution < 1.29 is 22.7 Å². The number of amides is 2. The van der Waals surface area contributed by atoms with Crippen LogP contribution < -0.4 is 9.46 Å². The molecule has 2 fully saturated rings. The van der Waals surface area contributed by atoms with Gasteiger partial charge in [-0.1, -0.05) is 18.2 Å². The zero-order valence-corrected chi connectivity index (χ0v) is 19.5. The van der Waals surface area contributed by atoms with E-state index in [0.717, 1.165) is 18.4 Å². The molecular formula is C24H29N3O5S. The van der Waals surface area contributed by atoms with Crippen molar-refractivity contribution in [3.63, 3.8) is 0 Å². The van der Waals surface area contributed by atoms with Crippen LogP contribution in [0.3, 0.4) is 0 Å². The second kappa shape index (κ2) is 9.93. The number of hydrogen-bond acceptors (Lipinski definition) is 5. The lowest BCUT2D eigenvalue weighted by Crippen LogP contribution is -2.50. The van der Waals surface area contributed by atoms with Gasteiger partial charge >= 0.3 is 0 Å². The van der Waals surface area contributed by atoms with Crippen LogP contribution in [0.5, 0.6) is 5.75 Å². The molecular weight excluding hydrogens is 442 g/mol. The Balaban J connectivity index is 1.25. The molecule has 2 aromatic rings. The fourth-order valence-electron chi connectivity index (χ4n) is 3.83. The maximum Gasteiger partial charge on any atom is 0.254 e. The Hall–Kier alpha value is -2.91. The Kier molecular flexibility index (Phi) is 6.99. The third-order valence-corrected chi connectivity index (χ3v) is 7.53. The Morgan fingerprint density at radius 2 is 1.67 bits per heavy atom. The number of methoxy groups -OCH3 is 1. The minimum atomic E-state index is -3.46. The number of hydrogen-bond donors (Lipinski definition) is 1. The SMILES string of the molecule is COc1cccc(C(=O)N2CCN(C(=O)CCc3ccc(S(=O)(=O)NC4CC4)cc3)CC2)c1. The van der Waals surface area contributed by atoms with Gasteiger partial charge in [-0.15, -0.1) is 0 Å². The van der Waals surface area contributed by atoms with Crippen molar-refractivity contribution in [1.82, 2.24) is 14.5 Å². The lowest BCUT2D eigenvalue weighted by atomic mass is 10.1. The van der Waals surface area contributed by atoms with Crippen LogP contribution in [0.15, 0.2) is 53.4 Å². The van der Waals surface area contributed by atoms with Gasteiger partial charge < -0.3 is 14.5 Å². The molecule has 1 saturated carbocycles. The summed E-state index contributed by atoms with van der Waals surface area (Å²) in [5, 5.41) is 0. The minimum absolute atomic E-state index is 0.0376. The minimum Gasteiger partial charge on any atom is -0.497 e. The van der Waals surface area contributed by atoms with Gasteiger partial charge in [0.25, 0.3) is 5.91 Å². The van der Waals surface area contributed by atoms with Crippen LogP contribution in [0, 0.1) is 0 Å². The highest BCUT2D eigenvalue weighted by atomic mass is 32.2. The highest BCUT2D eigenvalue weighted by molar-refractivity contribution is 7.89. The van der Waals surface area contributed by atoms with E-state index < -0.39 is 10.0 Å². The van der Waals surface area contributed by atoms with Crippen molar-refractivity contribution in [2.45, 2.75) is 36.6 Å². The molecule has 2 aliphatic rings. The van der Waals surface area contributed by atoms with E-state index in [1.807, 2.05) is 0 Å². The van der Waals surface area contributed by atoms with Gasteiger partial charge in [-0.2, -0.15) is 0 Å². The summed E-state index contributed by atoms with van der Waals surface area (Å²) >= 11 is 0. The first-order valence-electron chi connectivity index (χ1n) is 11.2. The Labute approximate surface area is 194 Å². The number of benzene rings is 2. The predicted octanol–water partition coefficient (Wildman–Crippen LogP) is 2.05. The Morgan fingerprint density at radius 1 is 1.00 bits per heavy atom. The number of ether oxygens (including phenoxy) is 1. The van der Waals surface area contributed by atoms with E-state index in [1.165, 1.54) is 0 Å². The molecule has 8 nitrogen and oxygen atoms in total. The molecule has 9 heteroatoms.